The molecule has 0 bridgehead atoms. The minimum Gasteiger partial charge on any atom is -0.289 e. The Bertz CT molecular complexity index is 578. The summed E-state index contributed by atoms with van der Waals surface area (Å²) in [5.74, 6) is 0.844. The van der Waals surface area contributed by atoms with Crippen LogP contribution in [0.25, 0.3) is 0 Å². The van der Waals surface area contributed by atoms with Crippen LogP contribution in [0.2, 0.25) is 0 Å². The highest BCUT2D eigenvalue weighted by Crippen LogP contribution is 2.36. The third kappa shape index (κ3) is 2.01. The second kappa shape index (κ2) is 4.69. The van der Waals surface area contributed by atoms with Crippen molar-refractivity contribution < 1.29 is 4.79 Å². The van der Waals surface area contributed by atoms with Crippen LogP contribution in [0.5, 0.6) is 0 Å². The lowest BCUT2D eigenvalue weighted by molar-refractivity contribution is 0.103. The van der Waals surface area contributed by atoms with Crippen molar-refractivity contribution in [1.29, 1.82) is 0 Å². The van der Waals surface area contributed by atoms with Crippen LogP contribution >= 0.6 is 11.3 Å². The summed E-state index contributed by atoms with van der Waals surface area (Å²) in [5, 5.41) is 3.98. The average molecular weight is 256 g/mol. The number of ketones is 1. The lowest BCUT2D eigenvalue weighted by atomic mass is 9.79. The fraction of sp³-hybridized carbons (Fsp3) is 0.312. The number of aryl methyl sites for hydroxylation is 1. The molecule has 1 aromatic carbocycles. The van der Waals surface area contributed by atoms with E-state index < -0.39 is 0 Å². The van der Waals surface area contributed by atoms with Gasteiger partial charge in [0.05, 0.1) is 0 Å². The molecule has 0 amide bonds. The maximum atomic E-state index is 12.4. The monoisotopic (exact) mass is 256 g/mol. The Hall–Kier alpha value is -1.41. The molecule has 2 heteroatoms. The van der Waals surface area contributed by atoms with Crippen LogP contribution in [0.3, 0.4) is 0 Å². The van der Waals surface area contributed by atoms with E-state index in [0.717, 1.165) is 16.7 Å². The lowest BCUT2D eigenvalue weighted by Crippen LogP contribution is -2.10. The molecule has 3 rings (SSSR count). The van der Waals surface area contributed by atoms with Crippen molar-refractivity contribution in [3.63, 3.8) is 0 Å². The zero-order chi connectivity index (χ0) is 12.5. The molecule has 0 unspecified atom stereocenters. The van der Waals surface area contributed by atoms with Gasteiger partial charge in [-0.2, -0.15) is 11.3 Å². The molecule has 1 aliphatic carbocycles. The minimum atomic E-state index is 0.162. The van der Waals surface area contributed by atoms with E-state index in [-0.39, 0.29) is 5.78 Å². The Morgan fingerprint density at radius 3 is 2.72 bits per heavy atom. The van der Waals surface area contributed by atoms with Gasteiger partial charge in [-0.25, -0.2) is 0 Å². The first-order chi connectivity index (χ1) is 8.75. The van der Waals surface area contributed by atoms with E-state index in [9.17, 15) is 4.79 Å². The number of rotatable bonds is 3. The Morgan fingerprint density at radius 1 is 1.28 bits per heavy atom. The molecule has 1 aromatic heterocycles. The SMILES string of the molecule is Cc1cscc1C(=O)c1cccc(C2CCC2)c1. The molecule has 1 saturated carbocycles. The molecule has 1 fully saturated rings. The van der Waals surface area contributed by atoms with Crippen LogP contribution in [-0.4, -0.2) is 5.78 Å². The van der Waals surface area contributed by atoms with Gasteiger partial charge in [-0.1, -0.05) is 24.6 Å². The molecule has 1 nitrogen and oxygen atoms in total. The normalized spacial score (nSPS) is 15.4. The van der Waals surface area contributed by atoms with E-state index in [1.54, 1.807) is 11.3 Å². The van der Waals surface area contributed by atoms with Crippen molar-refractivity contribution in [1.82, 2.24) is 0 Å². The van der Waals surface area contributed by atoms with Gasteiger partial charge in [0.25, 0.3) is 0 Å². The van der Waals surface area contributed by atoms with Crippen LogP contribution < -0.4 is 0 Å². The highest BCUT2D eigenvalue weighted by molar-refractivity contribution is 7.08. The number of hydrogen-bond acceptors (Lipinski definition) is 2. The van der Waals surface area contributed by atoms with Crippen molar-refractivity contribution in [3.05, 3.63) is 57.3 Å². The standard InChI is InChI=1S/C16H16OS/c1-11-9-18-10-15(11)16(17)14-7-3-6-13(8-14)12-4-2-5-12/h3,6-10,12H,2,4-5H2,1H3. The highest BCUT2D eigenvalue weighted by atomic mass is 32.1. The van der Waals surface area contributed by atoms with Gasteiger partial charge in [-0.15, -0.1) is 0 Å². The lowest BCUT2D eigenvalue weighted by Gasteiger charge is -2.26. The summed E-state index contributed by atoms with van der Waals surface area (Å²) < 4.78 is 0. The smallest absolute Gasteiger partial charge is 0.194 e. The van der Waals surface area contributed by atoms with Crippen molar-refractivity contribution >= 4 is 17.1 Å². The molecular weight excluding hydrogens is 240 g/mol. The van der Waals surface area contributed by atoms with Gasteiger partial charge in [-0.3, -0.25) is 4.79 Å². The molecule has 0 spiro atoms. The first-order valence-electron chi connectivity index (χ1n) is 6.43. The zero-order valence-electron chi connectivity index (χ0n) is 10.5. The van der Waals surface area contributed by atoms with Gasteiger partial charge in [0, 0.05) is 16.5 Å². The summed E-state index contributed by atoms with van der Waals surface area (Å²) in [4.78, 5) is 12.4. The molecule has 1 aliphatic rings. The summed E-state index contributed by atoms with van der Waals surface area (Å²) in [6, 6.07) is 8.19. The summed E-state index contributed by atoms with van der Waals surface area (Å²) in [6.07, 6.45) is 3.87. The molecule has 0 N–H and O–H groups in total. The fourth-order valence-corrected chi connectivity index (χ4v) is 3.25. The zero-order valence-corrected chi connectivity index (χ0v) is 11.3. The highest BCUT2D eigenvalue weighted by Gasteiger charge is 2.20. The number of carbonyl (C=O) groups excluding carboxylic acids is 1. The van der Waals surface area contributed by atoms with E-state index >= 15 is 0 Å². The maximum Gasteiger partial charge on any atom is 0.194 e. The van der Waals surface area contributed by atoms with Gasteiger partial charge in [0.1, 0.15) is 0 Å². The average Bonchev–Trinajstić information content (AvgIpc) is 2.73. The largest absolute Gasteiger partial charge is 0.289 e. The van der Waals surface area contributed by atoms with Gasteiger partial charge < -0.3 is 0 Å². The third-order valence-electron chi connectivity index (χ3n) is 3.83. The molecule has 2 aromatic rings. The van der Waals surface area contributed by atoms with Crippen LogP contribution in [-0.2, 0) is 0 Å². The molecule has 0 aliphatic heterocycles. The van der Waals surface area contributed by atoms with E-state index in [0.29, 0.717) is 5.92 Å². The van der Waals surface area contributed by atoms with Gasteiger partial charge >= 0.3 is 0 Å². The Balaban J connectivity index is 1.92. The van der Waals surface area contributed by atoms with E-state index in [1.807, 2.05) is 29.8 Å². The summed E-state index contributed by atoms with van der Waals surface area (Å²) in [5.41, 5.74) is 4.10. The van der Waals surface area contributed by atoms with Gasteiger partial charge in [0.15, 0.2) is 5.78 Å². The number of thiophene rings is 1. The molecular formula is C16H16OS. The fourth-order valence-electron chi connectivity index (χ4n) is 2.42. The number of hydrogen-bond donors (Lipinski definition) is 0. The Morgan fingerprint density at radius 2 is 2.11 bits per heavy atom. The van der Waals surface area contributed by atoms with Crippen molar-refractivity contribution in [2.75, 3.05) is 0 Å². The molecule has 0 radical (unpaired) electrons. The predicted molar refractivity (Wildman–Crippen MR) is 75.5 cm³/mol. The second-order valence-corrected chi connectivity index (χ2v) is 5.79. The minimum absolute atomic E-state index is 0.162. The molecule has 1 heterocycles. The second-order valence-electron chi connectivity index (χ2n) is 5.05. The predicted octanol–water partition coefficient (Wildman–Crippen LogP) is 4.56. The first-order valence-corrected chi connectivity index (χ1v) is 7.37. The summed E-state index contributed by atoms with van der Waals surface area (Å²) in [7, 11) is 0. The number of carbonyl (C=O) groups is 1. The van der Waals surface area contributed by atoms with Crippen LogP contribution in [0.1, 0.15) is 52.2 Å². The summed E-state index contributed by atoms with van der Waals surface area (Å²) in [6.45, 7) is 2.00. The van der Waals surface area contributed by atoms with Crippen LogP contribution in [0.4, 0.5) is 0 Å². The molecule has 18 heavy (non-hydrogen) atoms. The van der Waals surface area contributed by atoms with E-state index in [2.05, 4.69) is 12.1 Å². The Labute approximate surface area is 111 Å². The van der Waals surface area contributed by atoms with E-state index in [4.69, 9.17) is 0 Å². The van der Waals surface area contributed by atoms with Crippen molar-refractivity contribution in [2.24, 2.45) is 0 Å². The summed E-state index contributed by atoms with van der Waals surface area (Å²) >= 11 is 1.59. The number of benzene rings is 1. The quantitative estimate of drug-likeness (QED) is 0.736. The molecule has 0 atom stereocenters. The topological polar surface area (TPSA) is 17.1 Å². The van der Waals surface area contributed by atoms with Crippen LogP contribution in [0, 0.1) is 6.92 Å². The first kappa shape index (κ1) is 11.7. The van der Waals surface area contributed by atoms with Crippen molar-refractivity contribution in [3.8, 4) is 0 Å². The van der Waals surface area contributed by atoms with Gasteiger partial charge in [-0.05, 0) is 48.3 Å². The third-order valence-corrected chi connectivity index (χ3v) is 4.69. The Kier molecular flexibility index (Phi) is 3.04. The molecule has 92 valence electrons. The van der Waals surface area contributed by atoms with Crippen LogP contribution in [0.15, 0.2) is 35.0 Å². The van der Waals surface area contributed by atoms with Gasteiger partial charge in [0.2, 0.25) is 0 Å². The molecule has 0 saturated heterocycles. The maximum absolute atomic E-state index is 12.4. The van der Waals surface area contributed by atoms with Crippen molar-refractivity contribution in [2.45, 2.75) is 32.1 Å². The van der Waals surface area contributed by atoms with E-state index in [1.165, 1.54) is 24.8 Å².